The van der Waals surface area contributed by atoms with Crippen LogP contribution in [0.25, 0.3) is 0 Å². The molecule has 4 heteroatoms. The first-order valence-corrected chi connectivity index (χ1v) is 6.84. The quantitative estimate of drug-likeness (QED) is 0.460. The van der Waals surface area contributed by atoms with Crippen LogP contribution in [0.1, 0.15) is 46.4 Å². The Bertz CT molecular complexity index is 433. The fourth-order valence-electron chi connectivity index (χ4n) is 1.19. The Kier molecular flexibility index (Phi) is 4.32. The monoisotopic (exact) mass is 267 g/mol. The summed E-state index contributed by atoms with van der Waals surface area (Å²) in [4.78, 5) is 17.8. The van der Waals surface area contributed by atoms with Crippen molar-refractivity contribution in [2.75, 3.05) is 0 Å². The highest BCUT2D eigenvalue weighted by Gasteiger charge is 2.26. The van der Waals surface area contributed by atoms with Crippen molar-refractivity contribution in [3.05, 3.63) is 22.4 Å². The van der Waals surface area contributed by atoms with E-state index >= 15 is 0 Å². The Morgan fingerprint density at radius 3 is 2.17 bits per heavy atom. The molecule has 0 aromatic carbocycles. The lowest BCUT2D eigenvalue weighted by Crippen LogP contribution is -2.25. The van der Waals surface area contributed by atoms with E-state index in [0.717, 1.165) is 10.6 Å². The maximum absolute atomic E-state index is 11.7. The summed E-state index contributed by atoms with van der Waals surface area (Å²) in [5, 5.41) is 6.07. The van der Waals surface area contributed by atoms with E-state index < -0.39 is 5.41 Å². The van der Waals surface area contributed by atoms with Crippen molar-refractivity contribution >= 4 is 23.0 Å². The largest absolute Gasteiger partial charge is 0.340 e. The van der Waals surface area contributed by atoms with Crippen LogP contribution in [0.4, 0.5) is 0 Å². The molecule has 1 heterocycles. The second kappa shape index (κ2) is 5.22. The lowest BCUT2D eigenvalue weighted by Gasteiger charge is -2.20. The zero-order valence-corrected chi connectivity index (χ0v) is 12.7. The van der Waals surface area contributed by atoms with Crippen molar-refractivity contribution in [2.45, 2.75) is 41.5 Å². The van der Waals surface area contributed by atoms with Crippen LogP contribution >= 0.6 is 11.3 Å². The smallest absolute Gasteiger partial charge is 0.317 e. The molecule has 0 N–H and O–H groups in total. The molecule has 3 nitrogen and oxygen atoms in total. The summed E-state index contributed by atoms with van der Waals surface area (Å²) >= 11 is 1.59. The van der Waals surface area contributed by atoms with Crippen molar-refractivity contribution in [3.63, 3.8) is 0 Å². The molecule has 1 aromatic rings. The van der Waals surface area contributed by atoms with Crippen molar-refractivity contribution in [1.29, 1.82) is 0 Å². The molecule has 18 heavy (non-hydrogen) atoms. The highest BCUT2D eigenvalue weighted by molar-refractivity contribution is 7.12. The third-order valence-corrected chi connectivity index (χ3v) is 3.17. The summed E-state index contributed by atoms with van der Waals surface area (Å²) in [6.45, 7) is 11.6. The third kappa shape index (κ3) is 3.95. The van der Waals surface area contributed by atoms with E-state index in [2.05, 4.69) is 25.9 Å². The van der Waals surface area contributed by atoms with E-state index in [-0.39, 0.29) is 11.4 Å². The minimum absolute atomic E-state index is 0.164. The number of carbonyl (C=O) groups is 1. The molecule has 0 radical (unpaired) electrons. The third-order valence-electron chi connectivity index (χ3n) is 2.30. The highest BCUT2D eigenvalue weighted by Crippen LogP contribution is 2.26. The molecule has 0 bridgehead atoms. The molecular formula is C14H21NO2S. The van der Waals surface area contributed by atoms with Gasteiger partial charge in [0.15, 0.2) is 0 Å². The normalized spacial score (nSPS) is 13.6. The molecule has 0 spiro atoms. The predicted octanol–water partition coefficient (Wildman–Crippen LogP) is 4.09. The molecule has 0 aliphatic carbocycles. The van der Waals surface area contributed by atoms with E-state index in [1.54, 1.807) is 11.3 Å². The Balaban J connectivity index is 2.97. The zero-order chi connectivity index (χ0) is 14.0. The van der Waals surface area contributed by atoms with Gasteiger partial charge in [-0.05, 0) is 32.2 Å². The molecule has 100 valence electrons. The Hall–Kier alpha value is -1.16. The van der Waals surface area contributed by atoms with Gasteiger partial charge in [-0.15, -0.1) is 11.3 Å². The molecule has 0 aliphatic heterocycles. The number of hydrogen-bond donors (Lipinski definition) is 0. The molecule has 1 aromatic heterocycles. The van der Waals surface area contributed by atoms with Gasteiger partial charge < -0.3 is 4.84 Å². The fraction of sp³-hybridized carbons (Fsp3) is 0.571. The average molecular weight is 267 g/mol. The molecule has 1 rings (SSSR count). The second-order valence-corrected chi connectivity index (χ2v) is 7.24. The number of hydrogen-bond acceptors (Lipinski definition) is 4. The van der Waals surface area contributed by atoms with Crippen LogP contribution in [-0.2, 0) is 9.63 Å². The van der Waals surface area contributed by atoms with E-state index in [9.17, 15) is 4.79 Å². The molecule has 0 saturated heterocycles. The maximum atomic E-state index is 11.7. The van der Waals surface area contributed by atoms with Gasteiger partial charge in [0.1, 0.15) is 5.71 Å². The molecule has 0 aliphatic rings. The maximum Gasteiger partial charge on any atom is 0.340 e. The van der Waals surface area contributed by atoms with Crippen LogP contribution in [0, 0.1) is 10.8 Å². The van der Waals surface area contributed by atoms with E-state index in [0.29, 0.717) is 0 Å². The van der Waals surface area contributed by atoms with Gasteiger partial charge in [0.25, 0.3) is 0 Å². The van der Waals surface area contributed by atoms with Gasteiger partial charge in [-0.1, -0.05) is 32.0 Å². The zero-order valence-electron chi connectivity index (χ0n) is 11.9. The molecule has 0 atom stereocenters. The van der Waals surface area contributed by atoms with Gasteiger partial charge in [-0.25, -0.2) is 4.79 Å². The van der Waals surface area contributed by atoms with Gasteiger partial charge >= 0.3 is 5.97 Å². The highest BCUT2D eigenvalue weighted by atomic mass is 32.1. The van der Waals surface area contributed by atoms with Crippen molar-refractivity contribution < 1.29 is 9.63 Å². The van der Waals surface area contributed by atoms with Crippen LogP contribution in [0.3, 0.4) is 0 Å². The Morgan fingerprint density at radius 1 is 1.17 bits per heavy atom. The fourth-order valence-corrected chi connectivity index (χ4v) is 2.10. The van der Waals surface area contributed by atoms with Crippen molar-refractivity contribution in [2.24, 2.45) is 16.0 Å². The lowest BCUT2D eigenvalue weighted by atomic mass is 9.89. The van der Waals surface area contributed by atoms with E-state index in [1.807, 2.05) is 38.3 Å². The summed E-state index contributed by atoms with van der Waals surface area (Å²) in [5.41, 5.74) is 0.0976. The number of nitrogens with zero attached hydrogens (tertiary/aromatic N) is 1. The SMILES string of the molecule is CC(C)(C)C(=O)ON=C(c1cccs1)C(C)(C)C. The molecule has 0 unspecified atom stereocenters. The minimum Gasteiger partial charge on any atom is -0.317 e. The van der Waals surface area contributed by atoms with Crippen LogP contribution in [0.5, 0.6) is 0 Å². The summed E-state index contributed by atoms with van der Waals surface area (Å²) in [7, 11) is 0. The number of rotatable bonds is 2. The van der Waals surface area contributed by atoms with E-state index in [1.165, 1.54) is 0 Å². The summed E-state index contributed by atoms with van der Waals surface area (Å²) < 4.78 is 0. The van der Waals surface area contributed by atoms with Gasteiger partial charge in [0.05, 0.1) is 10.3 Å². The molecule has 0 amide bonds. The Morgan fingerprint density at radius 2 is 1.78 bits per heavy atom. The molecular weight excluding hydrogens is 246 g/mol. The Labute approximate surface area is 113 Å². The van der Waals surface area contributed by atoms with Crippen LogP contribution in [0.15, 0.2) is 22.7 Å². The number of oxime groups is 1. The summed E-state index contributed by atoms with van der Waals surface area (Å²) in [6.07, 6.45) is 0. The lowest BCUT2D eigenvalue weighted by molar-refractivity contribution is -0.153. The van der Waals surface area contributed by atoms with Gasteiger partial charge in [-0.3, -0.25) is 0 Å². The van der Waals surface area contributed by atoms with Crippen LogP contribution < -0.4 is 0 Å². The molecule has 0 fully saturated rings. The predicted molar refractivity (Wildman–Crippen MR) is 75.9 cm³/mol. The first-order chi connectivity index (χ1) is 8.12. The minimum atomic E-state index is -0.540. The first-order valence-electron chi connectivity index (χ1n) is 5.96. The van der Waals surface area contributed by atoms with E-state index in [4.69, 9.17) is 4.84 Å². The van der Waals surface area contributed by atoms with Crippen molar-refractivity contribution in [1.82, 2.24) is 0 Å². The number of carbonyl (C=O) groups excluding carboxylic acids is 1. The second-order valence-electron chi connectivity index (χ2n) is 6.30. The first kappa shape index (κ1) is 14.9. The van der Waals surface area contributed by atoms with Crippen LogP contribution in [0.2, 0.25) is 0 Å². The number of thiophene rings is 1. The summed E-state index contributed by atoms with van der Waals surface area (Å²) in [5.74, 6) is -0.319. The van der Waals surface area contributed by atoms with Crippen LogP contribution in [-0.4, -0.2) is 11.7 Å². The van der Waals surface area contributed by atoms with Crippen molar-refractivity contribution in [3.8, 4) is 0 Å². The average Bonchev–Trinajstić information content (AvgIpc) is 2.67. The van der Waals surface area contributed by atoms with Gasteiger partial charge in [-0.2, -0.15) is 0 Å². The van der Waals surface area contributed by atoms with Gasteiger partial charge in [0.2, 0.25) is 0 Å². The van der Waals surface area contributed by atoms with Gasteiger partial charge in [0, 0.05) is 5.41 Å². The topological polar surface area (TPSA) is 38.7 Å². The standard InChI is InChI=1S/C14H21NO2S/c1-13(2,3)11(10-8-7-9-18-10)15-17-12(16)14(4,5)6/h7-9H,1-6H3. The summed E-state index contributed by atoms with van der Waals surface area (Å²) in [6, 6.07) is 3.95. The molecule has 0 saturated carbocycles.